The second-order valence-corrected chi connectivity index (χ2v) is 5.45. The highest BCUT2D eigenvalue weighted by molar-refractivity contribution is 5.95. The van der Waals surface area contributed by atoms with Crippen LogP contribution < -0.4 is 14.8 Å². The summed E-state index contributed by atoms with van der Waals surface area (Å²) in [6.45, 7) is 3.05. The molecule has 6 heteroatoms. The smallest absolute Gasteiger partial charge is 0.251 e. The number of rotatable bonds is 4. The second-order valence-electron chi connectivity index (χ2n) is 5.45. The van der Waals surface area contributed by atoms with E-state index in [0.29, 0.717) is 43.2 Å². The van der Waals surface area contributed by atoms with Gasteiger partial charge in [0.2, 0.25) is 5.91 Å². The molecular weight excluding hydrogens is 284 g/mol. The van der Waals surface area contributed by atoms with Crippen LogP contribution in [0.5, 0.6) is 11.5 Å². The number of carbonyl (C=O) groups excluding carboxylic acids is 2. The molecule has 0 radical (unpaired) electrons. The van der Waals surface area contributed by atoms with Crippen molar-refractivity contribution in [2.75, 3.05) is 32.8 Å². The molecule has 1 aromatic rings. The lowest BCUT2D eigenvalue weighted by molar-refractivity contribution is -0.129. The van der Waals surface area contributed by atoms with Gasteiger partial charge < -0.3 is 19.7 Å². The maximum Gasteiger partial charge on any atom is 0.251 e. The fraction of sp³-hybridized carbons (Fsp3) is 0.500. The van der Waals surface area contributed by atoms with E-state index in [4.69, 9.17) is 9.47 Å². The predicted molar refractivity (Wildman–Crippen MR) is 80.2 cm³/mol. The first-order valence-corrected chi connectivity index (χ1v) is 7.70. The fourth-order valence-electron chi connectivity index (χ4n) is 2.69. The van der Waals surface area contributed by atoms with Crippen molar-refractivity contribution in [1.82, 2.24) is 10.2 Å². The number of fused-ring (bicyclic) bond motifs is 1. The van der Waals surface area contributed by atoms with E-state index in [-0.39, 0.29) is 11.8 Å². The molecule has 1 saturated heterocycles. The van der Waals surface area contributed by atoms with E-state index in [1.54, 1.807) is 18.2 Å². The van der Waals surface area contributed by atoms with Gasteiger partial charge in [0.1, 0.15) is 13.2 Å². The lowest BCUT2D eigenvalue weighted by atomic mass is 10.2. The first-order valence-electron chi connectivity index (χ1n) is 7.70. The van der Waals surface area contributed by atoms with Crippen molar-refractivity contribution in [3.05, 3.63) is 23.8 Å². The van der Waals surface area contributed by atoms with Gasteiger partial charge in [0.25, 0.3) is 5.91 Å². The number of carbonyl (C=O) groups is 2. The summed E-state index contributed by atoms with van der Waals surface area (Å²) in [5, 5.41) is 2.78. The van der Waals surface area contributed by atoms with Crippen LogP contribution in [0.3, 0.4) is 0 Å². The van der Waals surface area contributed by atoms with Crippen molar-refractivity contribution in [1.29, 1.82) is 0 Å². The maximum absolute atomic E-state index is 12.1. The molecule has 1 aromatic carbocycles. The Morgan fingerprint density at radius 1 is 1.09 bits per heavy atom. The number of amides is 2. The maximum atomic E-state index is 12.1. The van der Waals surface area contributed by atoms with Crippen LogP contribution >= 0.6 is 0 Å². The SMILES string of the molecule is O=C(NCCC(=O)N1CCCC1)c1ccc2c(c1)OCCO2. The number of ether oxygens (including phenoxy) is 2. The minimum atomic E-state index is -0.203. The second kappa shape index (κ2) is 6.68. The minimum absolute atomic E-state index is 0.111. The summed E-state index contributed by atoms with van der Waals surface area (Å²) >= 11 is 0. The molecule has 2 heterocycles. The van der Waals surface area contributed by atoms with Gasteiger partial charge in [0.15, 0.2) is 11.5 Å². The summed E-state index contributed by atoms with van der Waals surface area (Å²) < 4.78 is 10.9. The van der Waals surface area contributed by atoms with E-state index >= 15 is 0 Å². The quantitative estimate of drug-likeness (QED) is 0.907. The third-order valence-electron chi connectivity index (χ3n) is 3.89. The van der Waals surface area contributed by atoms with E-state index in [1.807, 2.05) is 4.90 Å². The van der Waals surface area contributed by atoms with E-state index in [1.165, 1.54) is 0 Å². The Kier molecular flexibility index (Phi) is 4.46. The Morgan fingerprint density at radius 2 is 1.82 bits per heavy atom. The molecule has 0 spiro atoms. The summed E-state index contributed by atoms with van der Waals surface area (Å²) in [4.78, 5) is 25.9. The monoisotopic (exact) mass is 304 g/mol. The molecule has 2 aliphatic rings. The van der Waals surface area contributed by atoms with Gasteiger partial charge in [-0.05, 0) is 31.0 Å². The highest BCUT2D eigenvalue weighted by Crippen LogP contribution is 2.30. The van der Waals surface area contributed by atoms with Gasteiger partial charge in [-0.1, -0.05) is 0 Å². The third kappa shape index (κ3) is 3.32. The third-order valence-corrected chi connectivity index (χ3v) is 3.89. The highest BCUT2D eigenvalue weighted by atomic mass is 16.6. The Hall–Kier alpha value is -2.24. The average molecular weight is 304 g/mol. The first-order chi connectivity index (χ1) is 10.7. The van der Waals surface area contributed by atoms with Gasteiger partial charge in [0, 0.05) is 31.6 Å². The molecule has 0 aromatic heterocycles. The molecule has 0 saturated carbocycles. The highest BCUT2D eigenvalue weighted by Gasteiger charge is 2.18. The number of benzene rings is 1. The molecule has 0 bridgehead atoms. The predicted octanol–water partition coefficient (Wildman–Crippen LogP) is 1.20. The summed E-state index contributed by atoms with van der Waals surface area (Å²) in [7, 11) is 0. The van der Waals surface area contributed by atoms with Crippen molar-refractivity contribution in [3.63, 3.8) is 0 Å². The summed E-state index contributed by atoms with van der Waals surface area (Å²) in [6, 6.07) is 5.11. The van der Waals surface area contributed by atoms with Crippen LogP contribution in [0.25, 0.3) is 0 Å². The zero-order chi connectivity index (χ0) is 15.4. The topological polar surface area (TPSA) is 67.9 Å². The summed E-state index contributed by atoms with van der Waals surface area (Å²) in [6.07, 6.45) is 2.50. The normalized spacial score (nSPS) is 16.5. The van der Waals surface area contributed by atoms with Gasteiger partial charge in [-0.15, -0.1) is 0 Å². The number of hydrogen-bond acceptors (Lipinski definition) is 4. The van der Waals surface area contributed by atoms with Crippen LogP contribution in [0.4, 0.5) is 0 Å². The molecule has 0 aliphatic carbocycles. The number of nitrogens with zero attached hydrogens (tertiary/aromatic N) is 1. The molecule has 0 unspecified atom stereocenters. The van der Waals surface area contributed by atoms with Crippen molar-refractivity contribution in [3.8, 4) is 11.5 Å². The van der Waals surface area contributed by atoms with Gasteiger partial charge in [-0.25, -0.2) is 0 Å². The molecule has 6 nitrogen and oxygen atoms in total. The number of likely N-dealkylation sites (tertiary alicyclic amines) is 1. The minimum Gasteiger partial charge on any atom is -0.486 e. The lowest BCUT2D eigenvalue weighted by Crippen LogP contribution is -2.32. The molecule has 2 amide bonds. The standard InChI is InChI=1S/C16H20N2O4/c19-15(18-7-1-2-8-18)5-6-17-16(20)12-3-4-13-14(11-12)22-10-9-21-13/h3-4,11H,1-2,5-10H2,(H,17,20). The zero-order valence-corrected chi connectivity index (χ0v) is 12.5. The van der Waals surface area contributed by atoms with Crippen molar-refractivity contribution >= 4 is 11.8 Å². The zero-order valence-electron chi connectivity index (χ0n) is 12.5. The average Bonchev–Trinajstić information content (AvgIpc) is 3.08. The lowest BCUT2D eigenvalue weighted by Gasteiger charge is -2.18. The van der Waals surface area contributed by atoms with Crippen LogP contribution in [0.2, 0.25) is 0 Å². The molecule has 1 fully saturated rings. The Balaban J connectivity index is 1.50. The van der Waals surface area contributed by atoms with Gasteiger partial charge in [-0.2, -0.15) is 0 Å². The first kappa shape index (κ1) is 14.7. The Labute approximate surface area is 129 Å². The molecule has 22 heavy (non-hydrogen) atoms. The van der Waals surface area contributed by atoms with Crippen molar-refractivity contribution < 1.29 is 19.1 Å². The fourth-order valence-corrected chi connectivity index (χ4v) is 2.69. The molecular formula is C16H20N2O4. The van der Waals surface area contributed by atoms with Gasteiger partial charge in [-0.3, -0.25) is 9.59 Å². The van der Waals surface area contributed by atoms with Crippen LogP contribution in [-0.4, -0.2) is 49.6 Å². The van der Waals surface area contributed by atoms with Gasteiger partial charge >= 0.3 is 0 Å². The van der Waals surface area contributed by atoms with E-state index in [9.17, 15) is 9.59 Å². The molecule has 0 atom stereocenters. The number of nitrogens with one attached hydrogen (secondary N) is 1. The summed E-state index contributed by atoms with van der Waals surface area (Å²) in [5.41, 5.74) is 0.512. The van der Waals surface area contributed by atoms with Crippen LogP contribution in [0.1, 0.15) is 29.6 Å². The van der Waals surface area contributed by atoms with Crippen molar-refractivity contribution in [2.24, 2.45) is 0 Å². The van der Waals surface area contributed by atoms with E-state index in [0.717, 1.165) is 25.9 Å². The van der Waals surface area contributed by atoms with E-state index in [2.05, 4.69) is 5.32 Å². The van der Waals surface area contributed by atoms with Crippen LogP contribution in [-0.2, 0) is 4.79 Å². The Bertz CT molecular complexity index is 567. The van der Waals surface area contributed by atoms with Crippen LogP contribution in [0.15, 0.2) is 18.2 Å². The van der Waals surface area contributed by atoms with Crippen molar-refractivity contribution in [2.45, 2.75) is 19.3 Å². The summed E-state index contributed by atoms with van der Waals surface area (Å²) in [5.74, 6) is 1.16. The van der Waals surface area contributed by atoms with E-state index < -0.39 is 0 Å². The molecule has 2 aliphatic heterocycles. The molecule has 1 N–H and O–H groups in total. The van der Waals surface area contributed by atoms with Gasteiger partial charge in [0.05, 0.1) is 0 Å². The largest absolute Gasteiger partial charge is 0.486 e. The Morgan fingerprint density at radius 3 is 2.59 bits per heavy atom. The molecule has 3 rings (SSSR count). The van der Waals surface area contributed by atoms with Crippen LogP contribution in [0, 0.1) is 0 Å². The molecule has 118 valence electrons. The number of hydrogen-bond donors (Lipinski definition) is 1.